The van der Waals surface area contributed by atoms with Crippen LogP contribution in [0.2, 0.25) is 0 Å². The predicted octanol–water partition coefficient (Wildman–Crippen LogP) is 2.12. The molecule has 0 bridgehead atoms. The Hall–Kier alpha value is -0.820. The zero-order valence-electron chi connectivity index (χ0n) is 7.67. The van der Waals surface area contributed by atoms with Gasteiger partial charge in [-0.25, -0.2) is 0 Å². The maximum absolute atomic E-state index is 5.80. The van der Waals surface area contributed by atoms with Crippen LogP contribution in [0.5, 0.6) is 0 Å². The molecule has 2 atom stereocenters. The van der Waals surface area contributed by atoms with Crippen LogP contribution in [0.25, 0.3) is 0 Å². The first kappa shape index (κ1) is 7.81. The van der Waals surface area contributed by atoms with Gasteiger partial charge in [0.2, 0.25) is 0 Å². The Morgan fingerprint density at radius 1 is 1.17 bits per heavy atom. The van der Waals surface area contributed by atoms with Crippen molar-refractivity contribution < 1.29 is 0 Å². The molecule has 1 aliphatic carbocycles. The van der Waals surface area contributed by atoms with E-state index in [0.717, 1.165) is 0 Å². The molecule has 1 aromatic carbocycles. The monoisotopic (exact) mass is 161 g/mol. The van der Waals surface area contributed by atoms with Crippen LogP contribution in [0.4, 0.5) is 0 Å². The van der Waals surface area contributed by atoms with Crippen molar-refractivity contribution in [3.8, 4) is 0 Å². The lowest BCUT2D eigenvalue weighted by atomic mass is 10.0. The smallest absolute Gasteiger partial charge is 0.0115 e. The molecule has 0 amide bonds. The highest BCUT2D eigenvalue weighted by atomic mass is 14.7. The van der Waals surface area contributed by atoms with Crippen molar-refractivity contribution in [1.29, 1.82) is 0 Å². The number of rotatable bonds is 1. The molecule has 1 saturated carbocycles. The van der Waals surface area contributed by atoms with Crippen LogP contribution >= 0.6 is 0 Å². The Balaban J connectivity index is 2.32. The highest BCUT2D eigenvalue weighted by Crippen LogP contribution is 2.39. The fourth-order valence-electron chi connectivity index (χ4n) is 1.82. The van der Waals surface area contributed by atoms with Gasteiger partial charge in [-0.15, -0.1) is 0 Å². The molecular formula is C11H15N. The molecule has 0 radical (unpaired) electrons. The Bertz CT molecular complexity index is 284. The maximum atomic E-state index is 5.80. The largest absolute Gasteiger partial charge is 0.327 e. The van der Waals surface area contributed by atoms with E-state index in [-0.39, 0.29) is 0 Å². The number of hydrogen-bond donors (Lipinski definition) is 1. The number of hydrogen-bond acceptors (Lipinski definition) is 1. The minimum atomic E-state index is 0.422. The van der Waals surface area contributed by atoms with E-state index in [1.54, 1.807) is 0 Å². The second-order valence-electron chi connectivity index (χ2n) is 3.93. The summed E-state index contributed by atoms with van der Waals surface area (Å²) in [5, 5.41) is 0. The fourth-order valence-corrected chi connectivity index (χ4v) is 1.82. The van der Waals surface area contributed by atoms with Crippen LogP contribution in [-0.4, -0.2) is 6.04 Å². The third-order valence-electron chi connectivity index (χ3n) is 2.51. The lowest BCUT2D eigenvalue weighted by molar-refractivity contribution is 0.986. The van der Waals surface area contributed by atoms with Gasteiger partial charge in [0, 0.05) is 12.0 Å². The molecule has 1 fully saturated rings. The standard InChI is InChI=1S/C11H15N/c1-7-3-8(2)5-9(4-7)10-6-11(10)12/h3-5,10-11H,6,12H2,1-2H3/t10-,11-/m0/s1. The maximum Gasteiger partial charge on any atom is 0.0115 e. The van der Waals surface area contributed by atoms with E-state index in [0.29, 0.717) is 12.0 Å². The van der Waals surface area contributed by atoms with E-state index >= 15 is 0 Å². The molecule has 0 aliphatic heterocycles. The summed E-state index contributed by atoms with van der Waals surface area (Å²) in [6, 6.07) is 7.14. The van der Waals surface area contributed by atoms with Crippen molar-refractivity contribution in [1.82, 2.24) is 0 Å². The molecule has 0 aromatic heterocycles. The molecule has 12 heavy (non-hydrogen) atoms. The lowest BCUT2D eigenvalue weighted by Crippen LogP contribution is -2.01. The van der Waals surface area contributed by atoms with Crippen molar-refractivity contribution >= 4 is 0 Å². The highest BCUT2D eigenvalue weighted by Gasteiger charge is 2.34. The lowest BCUT2D eigenvalue weighted by Gasteiger charge is -2.02. The van der Waals surface area contributed by atoms with Gasteiger partial charge < -0.3 is 5.73 Å². The topological polar surface area (TPSA) is 26.0 Å². The first-order valence-corrected chi connectivity index (χ1v) is 4.50. The number of benzene rings is 1. The Labute approximate surface area is 73.6 Å². The molecule has 0 spiro atoms. The second-order valence-corrected chi connectivity index (χ2v) is 3.93. The van der Waals surface area contributed by atoms with Crippen LogP contribution in [0.3, 0.4) is 0 Å². The molecule has 1 aliphatic rings. The third kappa shape index (κ3) is 1.37. The SMILES string of the molecule is Cc1cc(C)cc([C@@H]2C[C@@H]2N)c1. The number of nitrogens with two attached hydrogens (primary N) is 1. The van der Waals surface area contributed by atoms with E-state index < -0.39 is 0 Å². The zero-order valence-corrected chi connectivity index (χ0v) is 7.67. The molecule has 0 unspecified atom stereocenters. The van der Waals surface area contributed by atoms with Gasteiger partial charge in [-0.2, -0.15) is 0 Å². The summed E-state index contributed by atoms with van der Waals surface area (Å²) >= 11 is 0. The minimum Gasteiger partial charge on any atom is -0.327 e. The quantitative estimate of drug-likeness (QED) is 0.670. The van der Waals surface area contributed by atoms with Gasteiger partial charge in [-0.3, -0.25) is 0 Å². The highest BCUT2D eigenvalue weighted by molar-refractivity contribution is 5.35. The van der Waals surface area contributed by atoms with Crippen molar-refractivity contribution in [3.63, 3.8) is 0 Å². The van der Waals surface area contributed by atoms with E-state index in [4.69, 9.17) is 5.73 Å². The first-order valence-electron chi connectivity index (χ1n) is 4.50. The van der Waals surface area contributed by atoms with Gasteiger partial charge in [-0.05, 0) is 25.8 Å². The molecule has 0 saturated heterocycles. The van der Waals surface area contributed by atoms with Crippen LogP contribution in [0, 0.1) is 13.8 Å². The summed E-state index contributed by atoms with van der Waals surface area (Å²) in [4.78, 5) is 0. The Kier molecular flexibility index (Phi) is 1.69. The summed E-state index contributed by atoms with van der Waals surface area (Å²) in [6.07, 6.45) is 1.17. The summed E-state index contributed by atoms with van der Waals surface area (Å²) < 4.78 is 0. The number of aryl methyl sites for hydroxylation is 2. The summed E-state index contributed by atoms with van der Waals surface area (Å²) in [7, 11) is 0. The van der Waals surface area contributed by atoms with Gasteiger partial charge in [-0.1, -0.05) is 29.3 Å². The van der Waals surface area contributed by atoms with Gasteiger partial charge in [0.15, 0.2) is 0 Å². The minimum absolute atomic E-state index is 0.422. The van der Waals surface area contributed by atoms with Crippen LogP contribution < -0.4 is 5.73 Å². The van der Waals surface area contributed by atoms with Crippen molar-refractivity contribution in [2.24, 2.45) is 5.73 Å². The second kappa shape index (κ2) is 2.60. The molecule has 1 aromatic rings. The van der Waals surface area contributed by atoms with Crippen LogP contribution in [0.1, 0.15) is 29.0 Å². The molecule has 64 valence electrons. The van der Waals surface area contributed by atoms with Crippen molar-refractivity contribution in [3.05, 3.63) is 34.9 Å². The molecule has 0 heterocycles. The van der Waals surface area contributed by atoms with Crippen molar-refractivity contribution in [2.45, 2.75) is 32.2 Å². The average Bonchev–Trinajstić information content (AvgIpc) is 2.64. The summed E-state index contributed by atoms with van der Waals surface area (Å²) in [5.74, 6) is 0.642. The third-order valence-corrected chi connectivity index (χ3v) is 2.51. The molecule has 2 rings (SSSR count). The molecular weight excluding hydrogens is 146 g/mol. The predicted molar refractivity (Wildman–Crippen MR) is 51.2 cm³/mol. The zero-order chi connectivity index (χ0) is 8.72. The average molecular weight is 161 g/mol. The van der Waals surface area contributed by atoms with E-state index in [2.05, 4.69) is 32.0 Å². The Morgan fingerprint density at radius 3 is 2.08 bits per heavy atom. The van der Waals surface area contributed by atoms with E-state index in [9.17, 15) is 0 Å². The summed E-state index contributed by atoms with van der Waals surface area (Å²) in [5.41, 5.74) is 9.93. The Morgan fingerprint density at radius 2 is 1.67 bits per heavy atom. The summed E-state index contributed by atoms with van der Waals surface area (Å²) in [6.45, 7) is 4.29. The van der Waals surface area contributed by atoms with E-state index in [1.807, 2.05) is 0 Å². The van der Waals surface area contributed by atoms with Gasteiger partial charge in [0.25, 0.3) is 0 Å². The van der Waals surface area contributed by atoms with E-state index in [1.165, 1.54) is 23.1 Å². The molecule has 1 heteroatoms. The van der Waals surface area contributed by atoms with Crippen molar-refractivity contribution in [2.75, 3.05) is 0 Å². The van der Waals surface area contributed by atoms with Gasteiger partial charge >= 0.3 is 0 Å². The van der Waals surface area contributed by atoms with Crippen LogP contribution in [-0.2, 0) is 0 Å². The van der Waals surface area contributed by atoms with Gasteiger partial charge in [0.05, 0.1) is 0 Å². The molecule has 1 nitrogen and oxygen atoms in total. The van der Waals surface area contributed by atoms with Gasteiger partial charge in [0.1, 0.15) is 0 Å². The normalized spacial score (nSPS) is 27.2. The fraction of sp³-hybridized carbons (Fsp3) is 0.455. The molecule has 2 N–H and O–H groups in total. The van der Waals surface area contributed by atoms with Crippen LogP contribution in [0.15, 0.2) is 18.2 Å². The first-order chi connectivity index (χ1) is 5.66.